The number of aromatic nitrogens is 2. The second-order valence-corrected chi connectivity index (χ2v) is 7.41. The van der Waals surface area contributed by atoms with Crippen LogP contribution in [0.15, 0.2) is 42.3 Å². The first-order valence-corrected chi connectivity index (χ1v) is 9.55. The van der Waals surface area contributed by atoms with Crippen molar-refractivity contribution >= 4 is 33.6 Å². The third-order valence-electron chi connectivity index (χ3n) is 4.64. The van der Waals surface area contributed by atoms with Crippen LogP contribution in [-0.2, 0) is 19.3 Å². The second kappa shape index (κ2) is 7.25. The summed E-state index contributed by atoms with van der Waals surface area (Å²) in [6.07, 6.45) is 10.2. The predicted molar refractivity (Wildman–Crippen MR) is 107 cm³/mol. The van der Waals surface area contributed by atoms with E-state index in [1.54, 1.807) is 30.0 Å². The molecule has 1 aromatic carbocycles. The maximum Gasteiger partial charge on any atom is 0.158 e. The molecule has 0 fully saturated rings. The largest absolute Gasteiger partial charge is 0.507 e. The molecule has 0 radical (unpaired) electrons. The van der Waals surface area contributed by atoms with E-state index in [4.69, 9.17) is 0 Å². The molecule has 2 aromatic heterocycles. The molecule has 0 unspecified atom stereocenters. The third-order valence-corrected chi connectivity index (χ3v) is 5.84. The van der Waals surface area contributed by atoms with Gasteiger partial charge in [0, 0.05) is 10.4 Å². The van der Waals surface area contributed by atoms with Gasteiger partial charge in [-0.1, -0.05) is 18.2 Å². The number of benzene rings is 1. The van der Waals surface area contributed by atoms with E-state index in [9.17, 15) is 5.11 Å². The van der Waals surface area contributed by atoms with Gasteiger partial charge >= 0.3 is 0 Å². The average molecular weight is 364 g/mol. The maximum absolute atomic E-state index is 10.3. The summed E-state index contributed by atoms with van der Waals surface area (Å²) in [7, 11) is 0. The number of para-hydroxylation sites is 1. The summed E-state index contributed by atoms with van der Waals surface area (Å²) in [6.45, 7) is 3.72. The fourth-order valence-corrected chi connectivity index (χ4v) is 4.60. The lowest BCUT2D eigenvalue weighted by molar-refractivity contribution is 0.469. The van der Waals surface area contributed by atoms with Crippen molar-refractivity contribution in [3.8, 4) is 5.75 Å². The van der Waals surface area contributed by atoms with Crippen LogP contribution in [0.1, 0.15) is 34.4 Å². The third kappa shape index (κ3) is 3.08. The van der Waals surface area contributed by atoms with Gasteiger partial charge in [-0.05, 0) is 49.3 Å². The van der Waals surface area contributed by atoms with E-state index in [2.05, 4.69) is 27.1 Å². The minimum absolute atomic E-state index is 0.235. The molecule has 3 aromatic rings. The Morgan fingerprint density at radius 3 is 3.04 bits per heavy atom. The molecule has 0 aliphatic heterocycles. The average Bonchev–Trinajstić information content (AvgIpc) is 3.04. The van der Waals surface area contributed by atoms with Crippen LogP contribution in [0.4, 0.5) is 5.82 Å². The molecule has 4 rings (SSSR count). The van der Waals surface area contributed by atoms with Crippen LogP contribution in [0, 0.1) is 0 Å². The van der Waals surface area contributed by atoms with E-state index in [1.165, 1.54) is 23.3 Å². The van der Waals surface area contributed by atoms with Crippen molar-refractivity contribution in [3.63, 3.8) is 0 Å². The lowest BCUT2D eigenvalue weighted by atomic mass is 9.97. The van der Waals surface area contributed by atoms with Crippen molar-refractivity contribution in [1.82, 2.24) is 9.97 Å². The Morgan fingerprint density at radius 2 is 2.15 bits per heavy atom. The number of phenolic OH excluding ortho intramolecular Hbond substituents is 1. The number of rotatable bonds is 5. The SMILES string of the molecule is C=CCc1cccc(C=NNc2ncnc3sc4c(c23)CCCC4)c1O. The highest BCUT2D eigenvalue weighted by Gasteiger charge is 2.19. The van der Waals surface area contributed by atoms with Gasteiger partial charge in [0.2, 0.25) is 0 Å². The molecule has 6 heteroatoms. The van der Waals surface area contributed by atoms with E-state index in [0.29, 0.717) is 12.0 Å². The van der Waals surface area contributed by atoms with Crippen LogP contribution in [-0.4, -0.2) is 21.3 Å². The predicted octanol–water partition coefficient (Wildman–Crippen LogP) is 4.45. The van der Waals surface area contributed by atoms with Gasteiger partial charge in [0.25, 0.3) is 0 Å². The van der Waals surface area contributed by atoms with Crippen LogP contribution in [0.5, 0.6) is 5.75 Å². The summed E-state index contributed by atoms with van der Waals surface area (Å²) in [5.74, 6) is 0.964. The zero-order chi connectivity index (χ0) is 17.9. The van der Waals surface area contributed by atoms with Crippen LogP contribution in [0.3, 0.4) is 0 Å². The molecule has 2 N–H and O–H groups in total. The molecule has 1 aliphatic carbocycles. The van der Waals surface area contributed by atoms with Crippen molar-refractivity contribution in [1.29, 1.82) is 0 Å². The van der Waals surface area contributed by atoms with Crippen LogP contribution >= 0.6 is 11.3 Å². The molecule has 0 spiro atoms. The van der Waals surface area contributed by atoms with Crippen LogP contribution in [0.2, 0.25) is 0 Å². The molecule has 1 aliphatic rings. The zero-order valence-corrected chi connectivity index (χ0v) is 15.2. The van der Waals surface area contributed by atoms with E-state index in [-0.39, 0.29) is 5.75 Å². The van der Waals surface area contributed by atoms with Gasteiger partial charge in [0.05, 0.1) is 11.6 Å². The summed E-state index contributed by atoms with van der Waals surface area (Å²) in [5.41, 5.74) is 5.91. The fraction of sp³-hybridized carbons (Fsp3) is 0.250. The summed E-state index contributed by atoms with van der Waals surface area (Å²) in [4.78, 5) is 11.2. The molecular weight excluding hydrogens is 344 g/mol. The Hall–Kier alpha value is -2.73. The van der Waals surface area contributed by atoms with Crippen LogP contribution in [0.25, 0.3) is 10.2 Å². The number of anilines is 1. The number of phenols is 1. The Bertz CT molecular complexity index is 993. The van der Waals surface area contributed by atoms with E-state index >= 15 is 0 Å². The number of nitrogens with one attached hydrogen (secondary N) is 1. The Morgan fingerprint density at radius 1 is 1.27 bits per heavy atom. The first kappa shape index (κ1) is 16.7. The van der Waals surface area contributed by atoms with E-state index in [1.807, 2.05) is 18.2 Å². The molecule has 0 atom stereocenters. The first-order chi connectivity index (χ1) is 12.8. The van der Waals surface area contributed by atoms with Gasteiger partial charge in [-0.15, -0.1) is 17.9 Å². The molecule has 0 bridgehead atoms. The van der Waals surface area contributed by atoms with Gasteiger partial charge in [-0.2, -0.15) is 5.10 Å². The molecule has 0 saturated carbocycles. The number of nitrogens with zero attached hydrogens (tertiary/aromatic N) is 3. The van der Waals surface area contributed by atoms with Gasteiger partial charge in [0.1, 0.15) is 16.9 Å². The number of aryl methyl sites for hydroxylation is 2. The fourth-order valence-electron chi connectivity index (χ4n) is 3.37. The number of fused-ring (bicyclic) bond motifs is 3. The monoisotopic (exact) mass is 364 g/mol. The molecular formula is C20H20N4OS. The molecule has 132 valence electrons. The van der Waals surface area contributed by atoms with Gasteiger partial charge in [-0.25, -0.2) is 9.97 Å². The van der Waals surface area contributed by atoms with Crippen LogP contribution < -0.4 is 5.43 Å². The van der Waals surface area contributed by atoms with Crippen molar-refractivity contribution in [2.75, 3.05) is 5.43 Å². The number of thiophene rings is 1. The van der Waals surface area contributed by atoms with Gasteiger partial charge < -0.3 is 5.11 Å². The topological polar surface area (TPSA) is 70.4 Å². The smallest absolute Gasteiger partial charge is 0.158 e. The summed E-state index contributed by atoms with van der Waals surface area (Å²) in [5, 5.41) is 15.7. The molecule has 5 nitrogen and oxygen atoms in total. The van der Waals surface area contributed by atoms with Gasteiger partial charge in [0.15, 0.2) is 5.82 Å². The first-order valence-electron chi connectivity index (χ1n) is 8.74. The maximum atomic E-state index is 10.3. The lowest BCUT2D eigenvalue weighted by Crippen LogP contribution is -2.01. The highest BCUT2D eigenvalue weighted by atomic mass is 32.1. The minimum Gasteiger partial charge on any atom is -0.507 e. The molecule has 0 amide bonds. The number of aromatic hydroxyl groups is 1. The van der Waals surface area contributed by atoms with Crippen molar-refractivity contribution in [2.24, 2.45) is 5.10 Å². The Balaban J connectivity index is 1.62. The summed E-state index contributed by atoms with van der Waals surface area (Å²) in [6, 6.07) is 5.61. The lowest BCUT2D eigenvalue weighted by Gasteiger charge is -2.11. The van der Waals surface area contributed by atoms with Gasteiger partial charge in [-0.3, -0.25) is 5.43 Å². The Kier molecular flexibility index (Phi) is 4.67. The Labute approximate surface area is 156 Å². The number of hydrogen-bond donors (Lipinski definition) is 2. The highest BCUT2D eigenvalue weighted by Crippen LogP contribution is 2.38. The van der Waals surface area contributed by atoms with Crippen molar-refractivity contribution < 1.29 is 5.11 Å². The molecule has 26 heavy (non-hydrogen) atoms. The molecule has 0 saturated heterocycles. The van der Waals surface area contributed by atoms with Crippen molar-refractivity contribution in [3.05, 3.63) is 58.7 Å². The van der Waals surface area contributed by atoms with E-state index in [0.717, 1.165) is 34.4 Å². The number of allylic oxidation sites excluding steroid dienone is 1. The summed E-state index contributed by atoms with van der Waals surface area (Å²) >= 11 is 1.76. The number of hydrazone groups is 1. The standard InChI is InChI=1S/C20H20N4OS/c1-2-6-13-7-5-8-14(18(13)25)11-23-24-19-17-15-9-3-4-10-16(15)26-20(17)22-12-21-19/h2,5,7-8,11-12,25H,1,3-4,6,9-10H2,(H,21,22,24). The minimum atomic E-state index is 0.235. The zero-order valence-electron chi connectivity index (χ0n) is 14.4. The summed E-state index contributed by atoms with van der Waals surface area (Å²) < 4.78 is 0. The number of hydrogen-bond acceptors (Lipinski definition) is 6. The highest BCUT2D eigenvalue weighted by molar-refractivity contribution is 7.19. The van der Waals surface area contributed by atoms with Crippen molar-refractivity contribution in [2.45, 2.75) is 32.1 Å². The normalized spacial score (nSPS) is 13.8. The van der Waals surface area contributed by atoms with E-state index < -0.39 is 0 Å². The quantitative estimate of drug-likeness (QED) is 0.399. The molecule has 2 heterocycles. The second-order valence-electron chi connectivity index (χ2n) is 6.33.